The van der Waals surface area contributed by atoms with Crippen LogP contribution in [0.1, 0.15) is 0 Å². The molecule has 8 aromatic rings. The molecule has 0 N–H and O–H groups in total. The average Bonchev–Trinajstić information content (AvgIpc) is 3.57. The molecule has 10 rings (SSSR count). The molecule has 230 valence electrons. The minimum Gasteiger partial charge on any atom is -0.309 e. The van der Waals surface area contributed by atoms with Crippen molar-refractivity contribution in [2.24, 2.45) is 0 Å². The third-order valence-corrected chi connectivity index (χ3v) is 14.9. The fourth-order valence-corrected chi connectivity index (χ4v) is 12.6. The second kappa shape index (κ2) is 10.5. The lowest BCUT2D eigenvalue weighted by atomic mass is 9.84. The van der Waals surface area contributed by atoms with Crippen LogP contribution in [0.5, 0.6) is 0 Å². The Morgan fingerprint density at radius 3 is 1.65 bits per heavy atom. The predicted molar refractivity (Wildman–Crippen MR) is 203 cm³/mol. The molecule has 2 heterocycles. The maximum Gasteiger partial charge on any atom is 0.416 e. The fourth-order valence-electron chi connectivity index (χ4n) is 8.03. The van der Waals surface area contributed by atoms with E-state index in [9.17, 15) is 8.96 Å². The Balaban J connectivity index is 1.42. The summed E-state index contributed by atoms with van der Waals surface area (Å²) in [5.41, 5.74) is 8.03. The van der Waals surface area contributed by atoms with E-state index in [0.717, 1.165) is 87.3 Å². The maximum atomic E-state index is 15.7. The zero-order valence-corrected chi connectivity index (χ0v) is 27.9. The second-order valence-electron chi connectivity index (χ2n) is 12.7. The Morgan fingerprint density at radius 1 is 0.449 bits per heavy atom. The molecule has 2 aliphatic heterocycles. The molecule has 0 amide bonds. The monoisotopic (exact) mass is 667 g/mol. The first-order chi connectivity index (χ1) is 24.0. The van der Waals surface area contributed by atoms with Crippen LogP contribution >= 0.6 is 14.9 Å². The van der Waals surface area contributed by atoms with Gasteiger partial charge in [0.15, 0.2) is 7.14 Å². The molecule has 0 radical (unpaired) electrons. The third-order valence-electron chi connectivity index (χ3n) is 10.2. The fraction of sp³-hybridized carbons (Fsp3) is 0. The highest BCUT2D eigenvalue weighted by molar-refractivity contribution is 7.86. The van der Waals surface area contributed by atoms with E-state index in [-0.39, 0.29) is 5.82 Å². The van der Waals surface area contributed by atoms with Crippen molar-refractivity contribution in [2.45, 2.75) is 0 Å². The van der Waals surface area contributed by atoms with Crippen LogP contribution in [0.3, 0.4) is 0 Å². The lowest BCUT2D eigenvalue weighted by Gasteiger charge is -2.21. The molecule has 0 saturated heterocycles. The molecule has 49 heavy (non-hydrogen) atoms. The van der Waals surface area contributed by atoms with Gasteiger partial charge in [0.25, 0.3) is 0 Å². The third kappa shape index (κ3) is 3.98. The summed E-state index contributed by atoms with van der Waals surface area (Å²) in [4.78, 5) is 0. The van der Waals surface area contributed by atoms with E-state index in [1.807, 2.05) is 78.9 Å². The summed E-state index contributed by atoms with van der Waals surface area (Å²) in [5.74, 6) is -0.359. The molecule has 2 atom stereocenters. The van der Waals surface area contributed by atoms with Crippen molar-refractivity contribution in [2.75, 3.05) is 0 Å². The molecule has 2 aliphatic rings. The van der Waals surface area contributed by atoms with E-state index in [0.29, 0.717) is 5.30 Å². The molecule has 0 spiro atoms. The Hall–Kier alpha value is -5.46. The number of fused-ring (bicyclic) bond motifs is 8. The number of halogens is 1. The van der Waals surface area contributed by atoms with Gasteiger partial charge in [-0.1, -0.05) is 102 Å². The van der Waals surface area contributed by atoms with Crippen LogP contribution in [0.15, 0.2) is 158 Å². The summed E-state index contributed by atoms with van der Waals surface area (Å²) in [5, 5.41) is 7.96. The zero-order valence-electron chi connectivity index (χ0n) is 26.1. The molecule has 8 aromatic carbocycles. The normalized spacial score (nSPS) is 16.4. The van der Waals surface area contributed by atoms with Gasteiger partial charge in [-0.05, 0) is 110 Å². The first-order valence-corrected chi connectivity index (χ1v) is 19.2. The average molecular weight is 668 g/mol. The van der Waals surface area contributed by atoms with Crippen molar-refractivity contribution in [3.05, 3.63) is 164 Å². The largest absolute Gasteiger partial charge is 0.416 e. The molecule has 0 saturated carbocycles. The smallest absolute Gasteiger partial charge is 0.309 e. The van der Waals surface area contributed by atoms with Crippen molar-refractivity contribution < 1.29 is 13.5 Å². The molecule has 0 fully saturated rings. The van der Waals surface area contributed by atoms with Gasteiger partial charge >= 0.3 is 7.80 Å². The lowest BCUT2D eigenvalue weighted by Crippen LogP contribution is -2.21. The summed E-state index contributed by atoms with van der Waals surface area (Å²) in [7, 11) is -5.11. The molecule has 2 nitrogen and oxygen atoms in total. The van der Waals surface area contributed by atoms with Crippen molar-refractivity contribution >= 4 is 63.0 Å². The highest BCUT2D eigenvalue weighted by Gasteiger charge is 2.42. The van der Waals surface area contributed by atoms with Crippen LogP contribution in [0.4, 0.5) is 4.39 Å². The van der Waals surface area contributed by atoms with Crippen LogP contribution in [0.25, 0.3) is 66.1 Å². The van der Waals surface area contributed by atoms with Crippen molar-refractivity contribution in [1.82, 2.24) is 0 Å². The number of benzene rings is 8. The Morgan fingerprint density at radius 2 is 0.980 bits per heavy atom. The van der Waals surface area contributed by atoms with Crippen molar-refractivity contribution in [1.29, 1.82) is 0 Å². The van der Waals surface area contributed by atoms with Crippen LogP contribution in [0.2, 0.25) is 0 Å². The van der Waals surface area contributed by atoms with Crippen LogP contribution in [0, 0.1) is 5.82 Å². The second-order valence-corrected chi connectivity index (χ2v) is 17.0. The van der Waals surface area contributed by atoms with Gasteiger partial charge in [-0.2, -0.15) is 0 Å². The lowest BCUT2D eigenvalue weighted by molar-refractivity contribution is 0.592. The van der Waals surface area contributed by atoms with Gasteiger partial charge in [0, 0.05) is 33.1 Å². The van der Waals surface area contributed by atoms with Crippen molar-refractivity contribution in [3.63, 3.8) is 0 Å². The van der Waals surface area contributed by atoms with Crippen LogP contribution < -0.4 is 26.5 Å². The molecule has 0 bridgehead atoms. The van der Waals surface area contributed by atoms with E-state index >= 15 is 4.57 Å². The van der Waals surface area contributed by atoms with E-state index in [1.165, 1.54) is 12.1 Å². The predicted octanol–water partition coefficient (Wildman–Crippen LogP) is 9.84. The van der Waals surface area contributed by atoms with E-state index in [1.54, 1.807) is 12.1 Å². The number of hydrogen-bond donors (Lipinski definition) is 0. The van der Waals surface area contributed by atoms with E-state index < -0.39 is 14.9 Å². The van der Waals surface area contributed by atoms with Gasteiger partial charge in [-0.3, -0.25) is 0 Å². The molecule has 0 aromatic heterocycles. The summed E-state index contributed by atoms with van der Waals surface area (Å²) in [6.45, 7) is 0. The SMILES string of the molecule is O=[P+]1c2ccccc2-c2cc3c(-c4ccccc4)c4cc5c(cc4c(-c4ccccc4)c3cc21)-c1ccccc1P5(=O)c1ccc(F)cc1. The number of hydrogen-bond acceptors (Lipinski definition) is 2. The molecule has 2 unspecified atom stereocenters. The van der Waals surface area contributed by atoms with E-state index in [4.69, 9.17) is 0 Å². The number of rotatable bonds is 3. The van der Waals surface area contributed by atoms with Gasteiger partial charge in [0.1, 0.15) is 5.82 Å². The van der Waals surface area contributed by atoms with E-state index in [2.05, 4.69) is 54.6 Å². The highest BCUT2D eigenvalue weighted by Crippen LogP contribution is 2.55. The topological polar surface area (TPSA) is 34.1 Å². The van der Waals surface area contributed by atoms with Gasteiger partial charge in [-0.25, -0.2) is 4.39 Å². The summed E-state index contributed by atoms with van der Waals surface area (Å²) >= 11 is 0. The minimum atomic E-state index is -3.36. The van der Waals surface area contributed by atoms with Crippen LogP contribution in [-0.2, 0) is 9.13 Å². The van der Waals surface area contributed by atoms with Crippen molar-refractivity contribution in [3.8, 4) is 44.5 Å². The molecular formula is C44H26FO2P2+. The zero-order chi connectivity index (χ0) is 32.9. The first kappa shape index (κ1) is 28.5. The molecule has 5 heteroatoms. The molecular weight excluding hydrogens is 641 g/mol. The van der Waals surface area contributed by atoms with Gasteiger partial charge in [0.2, 0.25) is 10.6 Å². The van der Waals surface area contributed by atoms with Gasteiger partial charge in [-0.15, -0.1) is 0 Å². The standard InChI is InChI=1S/C44H26FO2P2/c45-29-19-21-30(22-20-29)49(47)41-18-10-8-16-32(41)34-24-36-38(26-42(34)49)44(28-13-5-2-6-14-28)35-23-33-31-15-7-9-17-39(31)48(46)40(33)25-37(35)43(36)27-11-3-1-4-12-27/h1-26H/q+1. The quantitative estimate of drug-likeness (QED) is 0.139. The maximum absolute atomic E-state index is 15.7. The summed E-state index contributed by atoms with van der Waals surface area (Å²) < 4.78 is 43.9. The first-order valence-electron chi connectivity index (χ1n) is 16.3. The summed E-state index contributed by atoms with van der Waals surface area (Å²) in [6.07, 6.45) is 0. The minimum absolute atomic E-state index is 0.359. The Bertz CT molecular complexity index is 2760. The Labute approximate surface area is 283 Å². The highest BCUT2D eigenvalue weighted by atomic mass is 31.2. The van der Waals surface area contributed by atoms with Crippen LogP contribution in [-0.4, -0.2) is 0 Å². The van der Waals surface area contributed by atoms with Gasteiger partial charge < -0.3 is 4.57 Å². The summed E-state index contributed by atoms with van der Waals surface area (Å²) in [6, 6.07) is 51.5. The van der Waals surface area contributed by atoms with Gasteiger partial charge in [0.05, 0.1) is 0 Å². The Kier molecular flexibility index (Phi) is 6.13. The molecule has 0 aliphatic carbocycles.